The minimum Gasteiger partial charge on any atom is -0.452 e. The predicted molar refractivity (Wildman–Crippen MR) is 102 cm³/mol. The number of carbonyl (C=O) groups excluding carboxylic acids is 2. The molecule has 136 valence electrons. The molecule has 27 heavy (non-hydrogen) atoms. The van der Waals surface area contributed by atoms with Crippen molar-refractivity contribution < 1.29 is 14.3 Å². The number of hydrogen-bond donors (Lipinski definition) is 1. The summed E-state index contributed by atoms with van der Waals surface area (Å²) in [5, 5.41) is 2.96. The molecule has 1 heterocycles. The Balaban J connectivity index is 1.63. The number of carbonyl (C=O) groups is 2. The largest absolute Gasteiger partial charge is 0.452 e. The summed E-state index contributed by atoms with van der Waals surface area (Å²) in [4.78, 5) is 28.2. The fourth-order valence-corrected chi connectivity index (χ4v) is 2.72. The molecule has 2 aromatic carbocycles. The molecule has 1 N–H and O–H groups in total. The van der Waals surface area contributed by atoms with Crippen LogP contribution < -0.4 is 5.32 Å². The van der Waals surface area contributed by atoms with Crippen LogP contribution in [0.1, 0.15) is 27.5 Å². The van der Waals surface area contributed by atoms with Gasteiger partial charge in [-0.25, -0.2) is 4.79 Å². The maximum absolute atomic E-state index is 12.3. The van der Waals surface area contributed by atoms with E-state index in [9.17, 15) is 9.59 Å². The lowest BCUT2D eigenvalue weighted by Crippen LogP contribution is -2.33. The van der Waals surface area contributed by atoms with E-state index in [1.165, 1.54) is 6.20 Å². The molecule has 3 aromatic rings. The molecule has 1 atom stereocenters. The first-order valence-corrected chi connectivity index (χ1v) is 8.68. The fraction of sp³-hybridized carbons (Fsp3) is 0.136. The average molecular weight is 360 g/mol. The number of nitrogens with zero attached hydrogens (tertiary/aromatic N) is 1. The molecule has 0 saturated carbocycles. The van der Waals surface area contributed by atoms with Crippen LogP contribution in [0.5, 0.6) is 0 Å². The summed E-state index contributed by atoms with van der Waals surface area (Å²) in [6, 6.07) is 22.7. The van der Waals surface area contributed by atoms with E-state index in [-0.39, 0.29) is 18.6 Å². The highest BCUT2D eigenvalue weighted by molar-refractivity contribution is 5.91. The van der Waals surface area contributed by atoms with Crippen molar-refractivity contribution in [3.05, 3.63) is 102 Å². The zero-order valence-electron chi connectivity index (χ0n) is 14.7. The lowest BCUT2D eigenvalue weighted by atomic mass is 9.99. The Kier molecular flexibility index (Phi) is 6.30. The zero-order chi connectivity index (χ0) is 18.9. The number of benzene rings is 2. The van der Waals surface area contributed by atoms with Gasteiger partial charge in [0.25, 0.3) is 5.91 Å². The second kappa shape index (κ2) is 9.29. The third kappa shape index (κ3) is 5.51. The van der Waals surface area contributed by atoms with Crippen molar-refractivity contribution in [3.63, 3.8) is 0 Å². The van der Waals surface area contributed by atoms with Gasteiger partial charge in [0.05, 0.1) is 11.6 Å². The van der Waals surface area contributed by atoms with Crippen LogP contribution in [0.4, 0.5) is 0 Å². The first-order chi connectivity index (χ1) is 13.2. The smallest absolute Gasteiger partial charge is 0.340 e. The molecule has 5 nitrogen and oxygen atoms in total. The van der Waals surface area contributed by atoms with E-state index in [4.69, 9.17) is 4.74 Å². The van der Waals surface area contributed by atoms with Gasteiger partial charge in [-0.2, -0.15) is 0 Å². The Morgan fingerprint density at radius 3 is 2.30 bits per heavy atom. The van der Waals surface area contributed by atoms with Gasteiger partial charge >= 0.3 is 5.97 Å². The van der Waals surface area contributed by atoms with Gasteiger partial charge in [0.2, 0.25) is 0 Å². The molecule has 0 spiro atoms. The standard InChI is InChI=1S/C22H20N2O3/c25-21(16-27-22(26)19-12-7-13-23-15-19)24-20(18-10-5-2-6-11-18)14-17-8-3-1-4-9-17/h1-13,15,20H,14,16H2,(H,24,25)/t20-/m0/s1. The molecule has 3 rings (SSSR count). The van der Waals surface area contributed by atoms with Gasteiger partial charge < -0.3 is 10.1 Å². The van der Waals surface area contributed by atoms with E-state index in [1.54, 1.807) is 18.3 Å². The van der Waals surface area contributed by atoms with Crippen LogP contribution in [-0.2, 0) is 16.0 Å². The second-order valence-electron chi connectivity index (χ2n) is 6.04. The Labute approximate surface area is 158 Å². The molecule has 0 bridgehead atoms. The molecular weight excluding hydrogens is 340 g/mol. The first kappa shape index (κ1) is 18.3. The van der Waals surface area contributed by atoms with Crippen LogP contribution in [0.3, 0.4) is 0 Å². The highest BCUT2D eigenvalue weighted by atomic mass is 16.5. The van der Waals surface area contributed by atoms with E-state index in [1.807, 2.05) is 60.7 Å². The number of nitrogens with one attached hydrogen (secondary N) is 1. The van der Waals surface area contributed by atoms with Gasteiger partial charge in [-0.15, -0.1) is 0 Å². The van der Waals surface area contributed by atoms with Crippen LogP contribution >= 0.6 is 0 Å². The molecule has 0 radical (unpaired) electrons. The second-order valence-corrected chi connectivity index (χ2v) is 6.04. The van der Waals surface area contributed by atoms with Crippen LogP contribution in [0.15, 0.2) is 85.2 Å². The fourth-order valence-electron chi connectivity index (χ4n) is 2.72. The molecule has 0 unspecified atom stereocenters. The van der Waals surface area contributed by atoms with E-state index in [0.29, 0.717) is 12.0 Å². The van der Waals surface area contributed by atoms with Gasteiger partial charge in [-0.3, -0.25) is 9.78 Å². The maximum Gasteiger partial charge on any atom is 0.340 e. The lowest BCUT2D eigenvalue weighted by molar-refractivity contribution is -0.125. The molecule has 1 amide bonds. The summed E-state index contributed by atoms with van der Waals surface area (Å²) >= 11 is 0. The topological polar surface area (TPSA) is 68.3 Å². The number of rotatable bonds is 7. The molecule has 0 aliphatic heterocycles. The molecule has 0 saturated heterocycles. The highest BCUT2D eigenvalue weighted by Gasteiger charge is 2.17. The molecule has 0 aliphatic rings. The molecule has 5 heteroatoms. The molecular formula is C22H20N2O3. The molecule has 1 aromatic heterocycles. The van der Waals surface area contributed by atoms with E-state index < -0.39 is 5.97 Å². The minimum absolute atomic E-state index is 0.210. The lowest BCUT2D eigenvalue weighted by Gasteiger charge is -2.19. The Bertz CT molecular complexity index is 868. The summed E-state index contributed by atoms with van der Waals surface area (Å²) in [6.45, 7) is -0.341. The maximum atomic E-state index is 12.3. The summed E-state index contributed by atoms with van der Waals surface area (Å²) in [7, 11) is 0. The van der Waals surface area contributed by atoms with Crippen molar-refractivity contribution in [2.45, 2.75) is 12.5 Å². The van der Waals surface area contributed by atoms with Crippen molar-refractivity contribution in [2.24, 2.45) is 0 Å². The van der Waals surface area contributed by atoms with Gasteiger partial charge in [0.1, 0.15) is 0 Å². The van der Waals surface area contributed by atoms with E-state index in [2.05, 4.69) is 10.3 Å². The van der Waals surface area contributed by atoms with Crippen molar-refractivity contribution >= 4 is 11.9 Å². The zero-order valence-corrected chi connectivity index (χ0v) is 14.7. The number of aromatic nitrogens is 1. The van der Waals surface area contributed by atoms with E-state index in [0.717, 1.165) is 11.1 Å². The van der Waals surface area contributed by atoms with Gasteiger partial charge in [0.15, 0.2) is 6.61 Å². The number of ether oxygens (including phenoxy) is 1. The quantitative estimate of drug-likeness (QED) is 0.656. The summed E-state index contributed by atoms with van der Waals surface area (Å²) in [6.07, 6.45) is 3.62. The SMILES string of the molecule is O=C(COC(=O)c1cccnc1)N[C@@H](Cc1ccccc1)c1ccccc1. The van der Waals surface area contributed by atoms with Crippen molar-refractivity contribution in [3.8, 4) is 0 Å². The van der Waals surface area contributed by atoms with Crippen molar-refractivity contribution in [2.75, 3.05) is 6.61 Å². The Hall–Kier alpha value is -3.47. The van der Waals surface area contributed by atoms with Crippen molar-refractivity contribution in [1.82, 2.24) is 10.3 Å². The van der Waals surface area contributed by atoms with E-state index >= 15 is 0 Å². The Morgan fingerprint density at radius 2 is 1.63 bits per heavy atom. The third-order valence-electron chi connectivity index (χ3n) is 4.05. The third-order valence-corrected chi connectivity index (χ3v) is 4.05. The average Bonchev–Trinajstić information content (AvgIpc) is 2.73. The number of esters is 1. The normalized spacial score (nSPS) is 11.4. The monoisotopic (exact) mass is 360 g/mol. The summed E-state index contributed by atoms with van der Waals surface area (Å²) in [5.41, 5.74) is 2.42. The van der Waals surface area contributed by atoms with Crippen LogP contribution in [0.25, 0.3) is 0 Å². The predicted octanol–water partition coefficient (Wildman–Crippen LogP) is 3.34. The number of pyridine rings is 1. The van der Waals surface area contributed by atoms with Gasteiger partial charge in [0, 0.05) is 12.4 Å². The van der Waals surface area contributed by atoms with Crippen LogP contribution in [-0.4, -0.2) is 23.5 Å². The Morgan fingerprint density at radius 1 is 0.926 bits per heavy atom. The molecule has 0 aliphatic carbocycles. The first-order valence-electron chi connectivity index (χ1n) is 8.68. The summed E-state index contributed by atoms with van der Waals surface area (Å²) < 4.78 is 5.09. The van der Waals surface area contributed by atoms with Crippen LogP contribution in [0.2, 0.25) is 0 Å². The molecule has 0 fully saturated rings. The van der Waals surface area contributed by atoms with Gasteiger partial charge in [-0.05, 0) is 29.7 Å². The minimum atomic E-state index is -0.572. The summed E-state index contributed by atoms with van der Waals surface area (Å²) in [5.74, 6) is -0.922. The number of amides is 1. The van der Waals surface area contributed by atoms with Gasteiger partial charge in [-0.1, -0.05) is 60.7 Å². The van der Waals surface area contributed by atoms with Crippen LogP contribution in [0, 0.1) is 0 Å². The number of hydrogen-bond acceptors (Lipinski definition) is 4. The highest BCUT2D eigenvalue weighted by Crippen LogP contribution is 2.18. The van der Waals surface area contributed by atoms with Crippen molar-refractivity contribution in [1.29, 1.82) is 0 Å².